The summed E-state index contributed by atoms with van der Waals surface area (Å²) in [5.74, 6) is 1.25. The van der Waals surface area contributed by atoms with Gasteiger partial charge in [0.15, 0.2) is 4.34 Å². The maximum absolute atomic E-state index is 8.72. The summed E-state index contributed by atoms with van der Waals surface area (Å²) in [4.78, 5) is 4.01. The molecule has 1 unspecified atom stereocenters. The molecule has 0 aliphatic heterocycles. The zero-order chi connectivity index (χ0) is 8.10. The van der Waals surface area contributed by atoms with Crippen LogP contribution in [-0.2, 0) is 0 Å². The molecule has 0 bridgehead atoms. The molecule has 1 heterocycles. The minimum Gasteiger partial charge on any atom is -0.396 e. The molecule has 0 saturated heterocycles. The number of hydrogen-bond donors (Lipinski definition) is 1. The van der Waals surface area contributed by atoms with Crippen molar-refractivity contribution in [3.05, 3.63) is 6.33 Å². The van der Waals surface area contributed by atoms with Crippen LogP contribution < -0.4 is 0 Å². The minimum atomic E-state index is 0.242. The molecule has 0 aliphatic rings. The Kier molecular flexibility index (Phi) is 3.82. The predicted molar refractivity (Wildman–Crippen MR) is 46.9 cm³/mol. The van der Waals surface area contributed by atoms with Crippen LogP contribution in [0, 0.1) is 5.92 Å². The smallest absolute Gasteiger partial charge is 0.169 e. The molecule has 0 fully saturated rings. The van der Waals surface area contributed by atoms with E-state index in [0.29, 0.717) is 5.92 Å². The fourth-order valence-corrected chi connectivity index (χ4v) is 1.97. The normalized spacial score (nSPS) is 13.3. The molecule has 62 valence electrons. The van der Waals surface area contributed by atoms with Crippen molar-refractivity contribution < 1.29 is 5.11 Å². The van der Waals surface area contributed by atoms with Gasteiger partial charge in [-0.3, -0.25) is 0 Å². The second-order valence-corrected chi connectivity index (χ2v) is 4.35. The van der Waals surface area contributed by atoms with Crippen LogP contribution in [0.5, 0.6) is 0 Å². The lowest BCUT2D eigenvalue weighted by Crippen LogP contribution is -2.02. The van der Waals surface area contributed by atoms with Gasteiger partial charge in [0, 0.05) is 12.4 Å². The van der Waals surface area contributed by atoms with E-state index in [1.807, 2.05) is 6.92 Å². The van der Waals surface area contributed by atoms with Gasteiger partial charge in [-0.15, -0.1) is 0 Å². The quantitative estimate of drug-likeness (QED) is 0.726. The van der Waals surface area contributed by atoms with Gasteiger partial charge in [-0.2, -0.15) is 4.37 Å². The third-order valence-corrected chi connectivity index (χ3v) is 3.27. The lowest BCUT2D eigenvalue weighted by Gasteiger charge is -2.03. The van der Waals surface area contributed by atoms with Crippen molar-refractivity contribution in [2.24, 2.45) is 5.92 Å². The Labute approximate surface area is 74.0 Å². The van der Waals surface area contributed by atoms with Crippen molar-refractivity contribution in [1.29, 1.82) is 0 Å². The van der Waals surface area contributed by atoms with Gasteiger partial charge in [0.25, 0.3) is 0 Å². The first-order valence-corrected chi connectivity index (χ1v) is 5.09. The fraction of sp³-hybridized carbons (Fsp3) is 0.667. The highest BCUT2D eigenvalue weighted by molar-refractivity contribution is 8.00. The van der Waals surface area contributed by atoms with Crippen molar-refractivity contribution in [2.45, 2.75) is 11.3 Å². The Morgan fingerprint density at radius 1 is 1.82 bits per heavy atom. The summed E-state index contributed by atoms with van der Waals surface area (Å²) in [5, 5.41) is 8.72. The minimum absolute atomic E-state index is 0.242. The first-order valence-electron chi connectivity index (χ1n) is 3.33. The molecule has 3 nitrogen and oxygen atoms in total. The van der Waals surface area contributed by atoms with E-state index in [1.165, 1.54) is 11.5 Å². The SMILES string of the molecule is CC(CO)CSc1ncns1. The maximum atomic E-state index is 8.72. The van der Waals surface area contributed by atoms with Crippen LogP contribution in [0.2, 0.25) is 0 Å². The van der Waals surface area contributed by atoms with Crippen LogP contribution in [0.25, 0.3) is 0 Å². The highest BCUT2D eigenvalue weighted by Crippen LogP contribution is 2.20. The standard InChI is InChI=1S/C6H10N2OS2/c1-5(2-9)3-10-6-7-4-8-11-6/h4-5,9H,2-3H2,1H3. The highest BCUT2D eigenvalue weighted by atomic mass is 32.2. The molecule has 0 saturated carbocycles. The van der Waals surface area contributed by atoms with Crippen LogP contribution >= 0.6 is 23.3 Å². The van der Waals surface area contributed by atoms with Gasteiger partial charge in [-0.25, -0.2) is 4.98 Å². The van der Waals surface area contributed by atoms with Gasteiger partial charge in [0.05, 0.1) is 0 Å². The first-order chi connectivity index (χ1) is 5.33. The maximum Gasteiger partial charge on any atom is 0.169 e. The largest absolute Gasteiger partial charge is 0.396 e. The number of hydrogen-bond acceptors (Lipinski definition) is 5. The summed E-state index contributed by atoms with van der Waals surface area (Å²) in [6.45, 7) is 2.25. The number of rotatable bonds is 4. The monoisotopic (exact) mass is 190 g/mol. The highest BCUT2D eigenvalue weighted by Gasteiger charge is 2.02. The zero-order valence-electron chi connectivity index (χ0n) is 6.23. The summed E-state index contributed by atoms with van der Waals surface area (Å²) >= 11 is 3.04. The van der Waals surface area contributed by atoms with Crippen LogP contribution in [0.15, 0.2) is 10.7 Å². The second kappa shape index (κ2) is 4.69. The second-order valence-electron chi connectivity index (χ2n) is 2.31. The molecule has 11 heavy (non-hydrogen) atoms. The molecular formula is C6H10N2OS2. The Morgan fingerprint density at radius 2 is 2.64 bits per heavy atom. The average molecular weight is 190 g/mol. The molecular weight excluding hydrogens is 180 g/mol. The average Bonchev–Trinajstić information content (AvgIpc) is 2.52. The van der Waals surface area contributed by atoms with Crippen molar-refractivity contribution >= 4 is 23.3 Å². The molecule has 0 amide bonds. The molecule has 1 atom stereocenters. The Hall–Kier alpha value is -0.130. The van der Waals surface area contributed by atoms with Gasteiger partial charge < -0.3 is 5.11 Å². The van der Waals surface area contributed by atoms with E-state index in [-0.39, 0.29) is 6.61 Å². The molecule has 1 aromatic rings. The van der Waals surface area contributed by atoms with Crippen molar-refractivity contribution in [3.8, 4) is 0 Å². The summed E-state index contributed by atoms with van der Waals surface area (Å²) in [5.41, 5.74) is 0. The Balaban J connectivity index is 2.23. The number of nitrogens with zero attached hydrogens (tertiary/aromatic N) is 2. The summed E-state index contributed by atoms with van der Waals surface area (Å²) in [6, 6.07) is 0. The molecule has 0 aliphatic carbocycles. The fourth-order valence-electron chi connectivity index (χ4n) is 0.493. The summed E-state index contributed by atoms with van der Waals surface area (Å²) < 4.78 is 4.85. The summed E-state index contributed by atoms with van der Waals surface area (Å²) in [7, 11) is 0. The molecule has 5 heteroatoms. The van der Waals surface area contributed by atoms with Gasteiger partial charge in [-0.05, 0) is 17.5 Å². The molecule has 0 radical (unpaired) electrons. The van der Waals surface area contributed by atoms with E-state index < -0.39 is 0 Å². The van der Waals surface area contributed by atoms with E-state index in [9.17, 15) is 0 Å². The molecule has 0 aromatic carbocycles. The topological polar surface area (TPSA) is 46.0 Å². The van der Waals surface area contributed by atoms with Crippen LogP contribution in [0.4, 0.5) is 0 Å². The van der Waals surface area contributed by atoms with Gasteiger partial charge in [-0.1, -0.05) is 18.7 Å². The van der Waals surface area contributed by atoms with Gasteiger partial charge >= 0.3 is 0 Å². The van der Waals surface area contributed by atoms with Gasteiger partial charge in [0.1, 0.15) is 6.33 Å². The lowest BCUT2D eigenvalue weighted by molar-refractivity contribution is 0.250. The predicted octanol–water partition coefficient (Wildman–Crippen LogP) is 1.26. The Morgan fingerprint density at radius 3 is 3.18 bits per heavy atom. The molecule has 1 N–H and O–H groups in total. The number of aromatic nitrogens is 2. The zero-order valence-corrected chi connectivity index (χ0v) is 7.86. The molecule has 1 aromatic heterocycles. The van der Waals surface area contributed by atoms with Crippen molar-refractivity contribution in [1.82, 2.24) is 9.36 Å². The van der Waals surface area contributed by atoms with E-state index in [0.717, 1.165) is 10.1 Å². The third kappa shape index (κ3) is 3.18. The third-order valence-electron chi connectivity index (χ3n) is 1.14. The van der Waals surface area contributed by atoms with Crippen molar-refractivity contribution in [2.75, 3.05) is 12.4 Å². The van der Waals surface area contributed by atoms with E-state index in [4.69, 9.17) is 5.11 Å². The number of aliphatic hydroxyl groups excluding tert-OH is 1. The van der Waals surface area contributed by atoms with Gasteiger partial charge in [0.2, 0.25) is 0 Å². The van der Waals surface area contributed by atoms with E-state index in [1.54, 1.807) is 18.1 Å². The Bertz CT molecular complexity index is 190. The van der Waals surface area contributed by atoms with E-state index >= 15 is 0 Å². The molecule has 1 rings (SSSR count). The van der Waals surface area contributed by atoms with Crippen LogP contribution in [-0.4, -0.2) is 26.8 Å². The summed E-state index contributed by atoms with van der Waals surface area (Å²) in [6.07, 6.45) is 1.55. The number of thioether (sulfide) groups is 1. The number of aliphatic hydroxyl groups is 1. The molecule has 0 spiro atoms. The van der Waals surface area contributed by atoms with E-state index in [2.05, 4.69) is 9.36 Å². The van der Waals surface area contributed by atoms with Crippen LogP contribution in [0.1, 0.15) is 6.92 Å². The van der Waals surface area contributed by atoms with Crippen molar-refractivity contribution in [3.63, 3.8) is 0 Å². The van der Waals surface area contributed by atoms with Crippen LogP contribution in [0.3, 0.4) is 0 Å². The first kappa shape index (κ1) is 8.96. The lowest BCUT2D eigenvalue weighted by atomic mass is 10.2.